The molecule has 1 aromatic heterocycles. The number of nitrogens with zero attached hydrogens (tertiary/aromatic N) is 3. The molecule has 1 atom stereocenters. The number of rotatable bonds is 6. The van der Waals surface area contributed by atoms with Gasteiger partial charge < -0.3 is 15.5 Å². The lowest BCUT2D eigenvalue weighted by molar-refractivity contribution is 0.298. The zero-order valence-electron chi connectivity index (χ0n) is 16.5. The first kappa shape index (κ1) is 22.9. The fraction of sp³-hybridized carbons (Fsp3) is 0.474. The number of thiazole rings is 1. The number of aliphatic imine (C=N–C) groups is 1. The Morgan fingerprint density at radius 1 is 1.15 bits per heavy atom. The summed E-state index contributed by atoms with van der Waals surface area (Å²) in [7, 11) is 6.00. The van der Waals surface area contributed by atoms with Gasteiger partial charge in [-0.3, -0.25) is 4.99 Å². The Bertz CT molecular complexity index is 690. The molecule has 0 fully saturated rings. The number of hydrogen-bond donors (Lipinski definition) is 2. The van der Waals surface area contributed by atoms with Gasteiger partial charge in [0.2, 0.25) is 0 Å². The van der Waals surface area contributed by atoms with Gasteiger partial charge in [-0.2, -0.15) is 0 Å². The van der Waals surface area contributed by atoms with Crippen LogP contribution in [-0.2, 0) is 6.54 Å². The molecule has 2 N–H and O–H groups in total. The maximum absolute atomic E-state index is 4.56. The second kappa shape index (κ2) is 10.8. The molecule has 144 valence electrons. The first-order valence-corrected chi connectivity index (χ1v) is 9.32. The van der Waals surface area contributed by atoms with E-state index in [4.69, 9.17) is 0 Å². The molecule has 0 saturated carbocycles. The number of hydrogen-bond acceptors (Lipinski definition) is 4. The van der Waals surface area contributed by atoms with Crippen LogP contribution in [0.4, 0.5) is 0 Å². The number of nitrogens with one attached hydrogen (secondary N) is 2. The first-order valence-electron chi connectivity index (χ1n) is 8.51. The highest BCUT2D eigenvalue weighted by Gasteiger charge is 2.14. The van der Waals surface area contributed by atoms with Gasteiger partial charge in [0.15, 0.2) is 5.96 Å². The maximum Gasteiger partial charge on any atom is 0.191 e. The quantitative estimate of drug-likeness (QED) is 0.371. The minimum atomic E-state index is 0. The van der Waals surface area contributed by atoms with E-state index in [9.17, 15) is 0 Å². The van der Waals surface area contributed by atoms with E-state index in [2.05, 4.69) is 77.7 Å². The van der Waals surface area contributed by atoms with Crippen LogP contribution in [0.5, 0.6) is 0 Å². The second-order valence-corrected chi connectivity index (χ2v) is 7.73. The zero-order valence-corrected chi connectivity index (χ0v) is 19.6. The third kappa shape index (κ3) is 6.51. The van der Waals surface area contributed by atoms with E-state index in [1.165, 1.54) is 16.0 Å². The van der Waals surface area contributed by atoms with E-state index in [1.807, 2.05) is 6.92 Å². The molecule has 0 radical (unpaired) electrons. The molecule has 0 bridgehead atoms. The topological polar surface area (TPSA) is 52.6 Å². The lowest BCUT2D eigenvalue weighted by Gasteiger charge is -2.26. The summed E-state index contributed by atoms with van der Waals surface area (Å²) in [6.07, 6.45) is 0. The van der Waals surface area contributed by atoms with Crippen molar-refractivity contribution in [3.05, 3.63) is 51.0 Å². The Kier molecular flexibility index (Phi) is 9.52. The highest BCUT2D eigenvalue weighted by atomic mass is 127. The lowest BCUT2D eigenvalue weighted by atomic mass is 10.0. The maximum atomic E-state index is 4.56. The lowest BCUT2D eigenvalue weighted by Crippen LogP contribution is -2.41. The highest BCUT2D eigenvalue weighted by Crippen LogP contribution is 2.18. The van der Waals surface area contributed by atoms with Crippen molar-refractivity contribution >= 4 is 41.3 Å². The Morgan fingerprint density at radius 2 is 1.81 bits per heavy atom. The van der Waals surface area contributed by atoms with Crippen LogP contribution in [-0.4, -0.2) is 43.5 Å². The summed E-state index contributed by atoms with van der Waals surface area (Å²) in [6, 6.07) is 8.99. The molecule has 1 unspecified atom stereocenters. The van der Waals surface area contributed by atoms with E-state index >= 15 is 0 Å². The van der Waals surface area contributed by atoms with Crippen LogP contribution in [0.1, 0.15) is 32.7 Å². The molecule has 0 amide bonds. The number of benzene rings is 1. The van der Waals surface area contributed by atoms with Gasteiger partial charge in [-0.1, -0.05) is 29.8 Å². The molecular weight excluding hydrogens is 457 g/mol. The summed E-state index contributed by atoms with van der Waals surface area (Å²) in [4.78, 5) is 12.4. The van der Waals surface area contributed by atoms with Gasteiger partial charge in [0, 0.05) is 18.5 Å². The van der Waals surface area contributed by atoms with Crippen molar-refractivity contribution in [2.75, 3.05) is 27.7 Å². The van der Waals surface area contributed by atoms with Gasteiger partial charge in [0.25, 0.3) is 0 Å². The molecule has 0 aliphatic carbocycles. The first-order chi connectivity index (χ1) is 11.9. The number of halogens is 1. The predicted octanol–water partition coefficient (Wildman–Crippen LogP) is 3.65. The zero-order chi connectivity index (χ0) is 18.4. The standard InChI is InChI=1S/C19H29N5S.HI/c1-13-7-9-16(10-8-13)17(24(5)6)11-21-19(20-4)22-12-18-23-14(2)15(3)25-18;/h7-10,17H,11-12H2,1-6H3,(H2,20,21,22);1H. The van der Waals surface area contributed by atoms with Crippen molar-refractivity contribution in [1.82, 2.24) is 20.5 Å². The number of likely N-dealkylation sites (N-methyl/N-ethyl adjacent to an activating group) is 1. The van der Waals surface area contributed by atoms with Crippen LogP contribution in [0.2, 0.25) is 0 Å². The van der Waals surface area contributed by atoms with E-state index < -0.39 is 0 Å². The van der Waals surface area contributed by atoms with Gasteiger partial charge in [0.05, 0.1) is 18.3 Å². The molecule has 0 spiro atoms. The Balaban J connectivity index is 0.00000338. The summed E-state index contributed by atoms with van der Waals surface area (Å²) in [5.41, 5.74) is 3.68. The SMILES string of the molecule is CN=C(NCc1nc(C)c(C)s1)NCC(c1ccc(C)cc1)N(C)C.I. The Labute approximate surface area is 178 Å². The second-order valence-electron chi connectivity index (χ2n) is 6.45. The summed E-state index contributed by atoms with van der Waals surface area (Å²) in [5, 5.41) is 7.86. The van der Waals surface area contributed by atoms with Gasteiger partial charge in [0.1, 0.15) is 5.01 Å². The summed E-state index contributed by atoms with van der Waals surface area (Å²) in [5.74, 6) is 0.796. The average molecular weight is 487 g/mol. The normalized spacial score (nSPS) is 12.7. The predicted molar refractivity (Wildman–Crippen MR) is 123 cm³/mol. The molecule has 5 nitrogen and oxygen atoms in total. The molecule has 1 heterocycles. The summed E-state index contributed by atoms with van der Waals surface area (Å²) < 4.78 is 0. The van der Waals surface area contributed by atoms with Crippen molar-refractivity contribution in [2.24, 2.45) is 4.99 Å². The third-order valence-corrected chi connectivity index (χ3v) is 5.32. The van der Waals surface area contributed by atoms with Gasteiger partial charge in [-0.25, -0.2) is 4.98 Å². The van der Waals surface area contributed by atoms with Crippen LogP contribution in [0, 0.1) is 20.8 Å². The largest absolute Gasteiger partial charge is 0.354 e. The van der Waals surface area contributed by atoms with E-state index in [0.717, 1.165) is 23.2 Å². The van der Waals surface area contributed by atoms with E-state index in [-0.39, 0.29) is 30.0 Å². The van der Waals surface area contributed by atoms with Gasteiger partial charge in [-0.15, -0.1) is 35.3 Å². The van der Waals surface area contributed by atoms with E-state index in [0.29, 0.717) is 6.54 Å². The smallest absolute Gasteiger partial charge is 0.191 e. The minimum absolute atomic E-state index is 0. The van der Waals surface area contributed by atoms with Crippen LogP contribution < -0.4 is 10.6 Å². The fourth-order valence-corrected chi connectivity index (χ4v) is 3.45. The molecule has 0 aliphatic rings. The number of guanidine groups is 1. The fourth-order valence-electron chi connectivity index (χ4n) is 2.58. The van der Waals surface area contributed by atoms with Crippen molar-refractivity contribution in [2.45, 2.75) is 33.4 Å². The summed E-state index contributed by atoms with van der Waals surface area (Å²) in [6.45, 7) is 7.74. The van der Waals surface area contributed by atoms with Crippen LogP contribution in [0.3, 0.4) is 0 Å². The summed E-state index contributed by atoms with van der Waals surface area (Å²) >= 11 is 1.73. The molecule has 1 aromatic carbocycles. The monoisotopic (exact) mass is 487 g/mol. The molecule has 0 aliphatic heterocycles. The van der Waals surface area contributed by atoms with Gasteiger partial charge >= 0.3 is 0 Å². The molecule has 26 heavy (non-hydrogen) atoms. The number of aromatic nitrogens is 1. The molecule has 2 rings (SSSR count). The molecule has 2 aromatic rings. The van der Waals surface area contributed by atoms with Crippen molar-refractivity contribution < 1.29 is 0 Å². The van der Waals surface area contributed by atoms with Crippen molar-refractivity contribution in [3.63, 3.8) is 0 Å². The van der Waals surface area contributed by atoms with E-state index in [1.54, 1.807) is 18.4 Å². The molecule has 7 heteroatoms. The van der Waals surface area contributed by atoms with Crippen molar-refractivity contribution in [3.8, 4) is 0 Å². The van der Waals surface area contributed by atoms with Crippen LogP contribution in [0.15, 0.2) is 29.3 Å². The van der Waals surface area contributed by atoms with Crippen LogP contribution in [0.25, 0.3) is 0 Å². The Hall–Kier alpha value is -1.19. The third-order valence-electron chi connectivity index (χ3n) is 4.25. The average Bonchev–Trinajstić information content (AvgIpc) is 2.90. The Morgan fingerprint density at radius 3 is 2.31 bits per heavy atom. The minimum Gasteiger partial charge on any atom is -0.354 e. The highest BCUT2D eigenvalue weighted by molar-refractivity contribution is 14.0. The van der Waals surface area contributed by atoms with Gasteiger partial charge in [-0.05, 0) is 40.4 Å². The van der Waals surface area contributed by atoms with Crippen molar-refractivity contribution in [1.29, 1.82) is 0 Å². The van der Waals surface area contributed by atoms with Crippen LogP contribution >= 0.6 is 35.3 Å². The molecule has 0 saturated heterocycles. The number of aryl methyl sites for hydroxylation is 3. The molecular formula is C19H30IN5S.